The van der Waals surface area contributed by atoms with Crippen LogP contribution >= 0.6 is 0 Å². The van der Waals surface area contributed by atoms with Crippen LogP contribution in [0.25, 0.3) is 0 Å². The Kier molecular flexibility index (Phi) is 3.37. The van der Waals surface area contributed by atoms with Crippen molar-refractivity contribution in [1.29, 1.82) is 0 Å². The Morgan fingerprint density at radius 2 is 2.08 bits per heavy atom. The number of benzene rings is 1. The van der Waals surface area contributed by atoms with E-state index in [1.807, 2.05) is 13.0 Å². The summed E-state index contributed by atoms with van der Waals surface area (Å²) >= 11 is 0. The van der Waals surface area contributed by atoms with E-state index < -0.39 is 19.0 Å². The average molecular weight is 186 g/mol. The molecule has 0 saturated carbocycles. The van der Waals surface area contributed by atoms with Gasteiger partial charge in [0.25, 0.3) is 0 Å². The number of rotatable bonds is 3. The molecule has 0 aromatic heterocycles. The molecule has 0 heterocycles. The van der Waals surface area contributed by atoms with E-state index in [0.717, 1.165) is 5.56 Å². The van der Waals surface area contributed by atoms with Gasteiger partial charge in [-0.05, 0) is 12.5 Å². The van der Waals surface area contributed by atoms with Crippen molar-refractivity contribution in [3.05, 3.63) is 35.4 Å². The summed E-state index contributed by atoms with van der Waals surface area (Å²) in [5.41, 5.74) is 1.52. The van der Waals surface area contributed by atoms with Gasteiger partial charge in [0.05, 0.1) is 6.10 Å². The first-order chi connectivity index (χ1) is 6.09. The quantitative estimate of drug-likeness (QED) is 0.769. The number of aliphatic hydroxyl groups is 1. The lowest BCUT2D eigenvalue weighted by Gasteiger charge is -2.10. The zero-order chi connectivity index (χ0) is 9.84. The van der Waals surface area contributed by atoms with Crippen LogP contribution in [0, 0.1) is 6.92 Å². The first-order valence-electron chi connectivity index (χ1n) is 4.12. The maximum absolute atomic E-state index is 11.9. The molecule has 0 aliphatic carbocycles. The third-order valence-corrected chi connectivity index (χ3v) is 1.83. The van der Waals surface area contributed by atoms with Gasteiger partial charge in [-0.15, -0.1) is 0 Å². The summed E-state index contributed by atoms with van der Waals surface area (Å²) in [7, 11) is 0. The number of alkyl halides is 2. The van der Waals surface area contributed by atoms with Crippen LogP contribution in [0.15, 0.2) is 24.3 Å². The van der Waals surface area contributed by atoms with E-state index in [-0.39, 0.29) is 0 Å². The predicted octanol–water partition coefficient (Wildman–Crippen LogP) is 2.68. The molecule has 1 unspecified atom stereocenters. The van der Waals surface area contributed by atoms with Gasteiger partial charge < -0.3 is 5.11 Å². The van der Waals surface area contributed by atoms with Crippen molar-refractivity contribution in [3.8, 4) is 0 Å². The van der Waals surface area contributed by atoms with E-state index in [1.165, 1.54) is 0 Å². The minimum Gasteiger partial charge on any atom is -0.388 e. The number of aliphatic hydroxyl groups excluding tert-OH is 1. The Balaban J connectivity index is 2.71. The smallest absolute Gasteiger partial charge is 0.241 e. The van der Waals surface area contributed by atoms with Crippen LogP contribution in [0.2, 0.25) is 0 Å². The summed E-state index contributed by atoms with van der Waals surface area (Å²) in [6.45, 7) is 1.86. The Labute approximate surface area is 76.0 Å². The van der Waals surface area contributed by atoms with Gasteiger partial charge in [0.15, 0.2) is 0 Å². The Morgan fingerprint density at radius 3 is 2.62 bits per heavy atom. The van der Waals surface area contributed by atoms with Crippen LogP contribution in [0.4, 0.5) is 8.78 Å². The van der Waals surface area contributed by atoms with Crippen LogP contribution in [-0.2, 0) is 0 Å². The SMILES string of the molecule is Cc1cccc(C(O)CC(F)F)c1. The van der Waals surface area contributed by atoms with Crippen molar-refractivity contribution in [2.24, 2.45) is 0 Å². The van der Waals surface area contributed by atoms with Crippen LogP contribution in [0.5, 0.6) is 0 Å². The number of hydrogen-bond donors (Lipinski definition) is 1. The normalized spacial score (nSPS) is 13.3. The second kappa shape index (κ2) is 4.33. The maximum atomic E-state index is 11.9. The molecular weight excluding hydrogens is 174 g/mol. The molecule has 0 aliphatic heterocycles. The molecule has 1 aromatic carbocycles. The van der Waals surface area contributed by atoms with E-state index in [0.29, 0.717) is 5.56 Å². The fourth-order valence-electron chi connectivity index (χ4n) is 1.18. The third-order valence-electron chi connectivity index (χ3n) is 1.83. The highest BCUT2D eigenvalue weighted by molar-refractivity contribution is 5.23. The maximum Gasteiger partial charge on any atom is 0.241 e. The number of hydrogen-bond acceptors (Lipinski definition) is 1. The van der Waals surface area contributed by atoms with Crippen LogP contribution in [-0.4, -0.2) is 11.5 Å². The van der Waals surface area contributed by atoms with Crippen LogP contribution in [0.3, 0.4) is 0 Å². The molecule has 0 aliphatic rings. The van der Waals surface area contributed by atoms with Gasteiger partial charge in [0.2, 0.25) is 6.43 Å². The van der Waals surface area contributed by atoms with Gasteiger partial charge in [-0.2, -0.15) is 0 Å². The minimum atomic E-state index is -2.46. The van der Waals surface area contributed by atoms with E-state index in [9.17, 15) is 13.9 Å². The van der Waals surface area contributed by atoms with Crippen LogP contribution in [0.1, 0.15) is 23.7 Å². The summed E-state index contributed by atoms with van der Waals surface area (Å²) in [6.07, 6.45) is -4.01. The molecule has 0 spiro atoms. The summed E-state index contributed by atoms with van der Waals surface area (Å²) in [5.74, 6) is 0. The van der Waals surface area contributed by atoms with Gasteiger partial charge in [-0.3, -0.25) is 0 Å². The first kappa shape index (κ1) is 10.1. The van der Waals surface area contributed by atoms with Gasteiger partial charge in [-0.25, -0.2) is 8.78 Å². The monoisotopic (exact) mass is 186 g/mol. The van der Waals surface area contributed by atoms with E-state index in [4.69, 9.17) is 0 Å². The highest BCUT2D eigenvalue weighted by Gasteiger charge is 2.13. The van der Waals surface area contributed by atoms with Crippen molar-refractivity contribution in [1.82, 2.24) is 0 Å². The summed E-state index contributed by atoms with van der Waals surface area (Å²) in [4.78, 5) is 0. The minimum absolute atomic E-state index is 0.497. The van der Waals surface area contributed by atoms with Gasteiger partial charge in [0.1, 0.15) is 0 Å². The average Bonchev–Trinajstić information content (AvgIpc) is 2.03. The molecule has 1 atom stereocenters. The molecule has 0 saturated heterocycles. The van der Waals surface area contributed by atoms with Crippen molar-refractivity contribution >= 4 is 0 Å². The number of halogens is 2. The molecule has 0 amide bonds. The highest BCUT2D eigenvalue weighted by atomic mass is 19.3. The Morgan fingerprint density at radius 1 is 1.38 bits per heavy atom. The zero-order valence-corrected chi connectivity index (χ0v) is 7.37. The molecule has 1 rings (SSSR count). The molecule has 0 radical (unpaired) electrons. The zero-order valence-electron chi connectivity index (χ0n) is 7.37. The summed E-state index contributed by atoms with van der Waals surface area (Å²) in [6, 6.07) is 6.98. The largest absolute Gasteiger partial charge is 0.388 e. The van der Waals surface area contributed by atoms with Gasteiger partial charge >= 0.3 is 0 Å². The molecule has 0 bridgehead atoms. The molecule has 1 aromatic rings. The molecule has 1 nitrogen and oxygen atoms in total. The summed E-state index contributed by atoms with van der Waals surface area (Å²) < 4.78 is 23.8. The molecule has 1 N–H and O–H groups in total. The second-order valence-electron chi connectivity index (χ2n) is 3.06. The van der Waals surface area contributed by atoms with Crippen molar-refractivity contribution in [2.45, 2.75) is 25.9 Å². The Hall–Kier alpha value is -0.960. The molecule has 3 heteroatoms. The van der Waals surface area contributed by atoms with Gasteiger partial charge in [-0.1, -0.05) is 29.8 Å². The topological polar surface area (TPSA) is 20.2 Å². The standard InChI is InChI=1S/C10H12F2O/c1-7-3-2-4-8(5-7)9(13)6-10(11)12/h2-5,9-10,13H,6H2,1H3. The molecule has 72 valence electrons. The summed E-state index contributed by atoms with van der Waals surface area (Å²) in [5, 5.41) is 9.34. The fraction of sp³-hybridized carbons (Fsp3) is 0.400. The van der Waals surface area contributed by atoms with E-state index in [1.54, 1.807) is 18.2 Å². The predicted molar refractivity (Wildman–Crippen MR) is 46.8 cm³/mol. The third kappa shape index (κ3) is 3.11. The lowest BCUT2D eigenvalue weighted by Crippen LogP contribution is -2.03. The molecule has 0 fully saturated rings. The molecule has 13 heavy (non-hydrogen) atoms. The van der Waals surface area contributed by atoms with E-state index in [2.05, 4.69) is 0 Å². The van der Waals surface area contributed by atoms with Crippen LogP contribution < -0.4 is 0 Å². The van der Waals surface area contributed by atoms with Crippen molar-refractivity contribution < 1.29 is 13.9 Å². The van der Waals surface area contributed by atoms with Gasteiger partial charge in [0, 0.05) is 6.42 Å². The van der Waals surface area contributed by atoms with Crippen molar-refractivity contribution in [2.75, 3.05) is 0 Å². The fourth-order valence-corrected chi connectivity index (χ4v) is 1.18. The van der Waals surface area contributed by atoms with E-state index >= 15 is 0 Å². The highest BCUT2D eigenvalue weighted by Crippen LogP contribution is 2.20. The Bertz CT molecular complexity index is 273. The second-order valence-corrected chi connectivity index (χ2v) is 3.06. The lowest BCUT2D eigenvalue weighted by molar-refractivity contribution is 0.0611. The molecular formula is C10H12F2O. The number of aryl methyl sites for hydroxylation is 1. The van der Waals surface area contributed by atoms with Crippen molar-refractivity contribution in [3.63, 3.8) is 0 Å². The lowest BCUT2D eigenvalue weighted by atomic mass is 10.0. The first-order valence-corrected chi connectivity index (χ1v) is 4.12.